The van der Waals surface area contributed by atoms with Crippen LogP contribution in [0.25, 0.3) is 79.8 Å². The summed E-state index contributed by atoms with van der Waals surface area (Å²) in [7, 11) is 0. The van der Waals surface area contributed by atoms with Gasteiger partial charge in [0.25, 0.3) is 0 Å². The third-order valence-corrected chi connectivity index (χ3v) is 10.7. The molecule has 3 aromatic heterocycles. The van der Waals surface area contributed by atoms with Crippen LogP contribution in [0.5, 0.6) is 0 Å². The highest BCUT2D eigenvalue weighted by Crippen LogP contribution is 2.41. The summed E-state index contributed by atoms with van der Waals surface area (Å²) in [6.07, 6.45) is 14.5. The van der Waals surface area contributed by atoms with Crippen molar-refractivity contribution < 1.29 is 0 Å². The molecule has 6 aromatic rings. The van der Waals surface area contributed by atoms with E-state index in [-0.39, 0.29) is 0 Å². The van der Waals surface area contributed by atoms with E-state index in [1.165, 1.54) is 66.8 Å². The van der Waals surface area contributed by atoms with E-state index < -0.39 is 0 Å². The first kappa shape index (κ1) is 33.9. The molecule has 0 amide bonds. The standard InChI is InChI=1S/C49H44N4/c1-11-35-36-12-14-38(50-36)47(44-29(5)20-26(2)21-30(44)6)40-16-18-42(52-40)49(46-33(9)24-28(4)25-34(46)10)43-19-17-41(53-43)48(39-15-13-37(35)51-39)45-31(7)22-27(3)23-32(45)8/h1,12-25,52-53H,2-10H3. The number of aromatic nitrogens is 4. The number of rotatable bonds is 3. The van der Waals surface area contributed by atoms with Crippen LogP contribution in [0.3, 0.4) is 0 Å². The van der Waals surface area contributed by atoms with Crippen molar-refractivity contribution in [3.8, 4) is 45.7 Å². The van der Waals surface area contributed by atoms with Gasteiger partial charge in [0.1, 0.15) is 0 Å². The van der Waals surface area contributed by atoms with Crippen molar-refractivity contribution >= 4 is 46.4 Å². The van der Waals surface area contributed by atoms with E-state index in [0.29, 0.717) is 5.56 Å². The lowest BCUT2D eigenvalue weighted by atomic mass is 9.92. The number of hydrogen-bond donors (Lipinski definition) is 2. The quantitative estimate of drug-likeness (QED) is 0.182. The molecule has 53 heavy (non-hydrogen) atoms. The Kier molecular flexibility index (Phi) is 8.19. The summed E-state index contributed by atoms with van der Waals surface area (Å²) in [4.78, 5) is 18.4. The van der Waals surface area contributed by atoms with Gasteiger partial charge in [-0.3, -0.25) is 0 Å². The zero-order chi connectivity index (χ0) is 37.3. The normalized spacial score (nSPS) is 12.1. The fraction of sp³-hybridized carbons (Fsp3) is 0.184. The second-order valence-electron chi connectivity index (χ2n) is 15.0. The molecule has 3 aromatic carbocycles. The predicted molar refractivity (Wildman–Crippen MR) is 226 cm³/mol. The molecule has 8 bridgehead atoms. The molecule has 2 aliphatic heterocycles. The lowest BCUT2D eigenvalue weighted by Crippen LogP contribution is -1.95. The topological polar surface area (TPSA) is 57.4 Å². The Bertz CT molecular complexity index is 2600. The van der Waals surface area contributed by atoms with Gasteiger partial charge in [0.05, 0.1) is 28.3 Å². The van der Waals surface area contributed by atoms with Crippen molar-refractivity contribution in [2.45, 2.75) is 62.3 Å². The average molecular weight is 689 g/mol. The van der Waals surface area contributed by atoms with Crippen LogP contribution in [0.4, 0.5) is 0 Å². The molecule has 0 saturated heterocycles. The molecule has 4 heteroatoms. The first-order valence-electron chi connectivity index (χ1n) is 18.3. The van der Waals surface area contributed by atoms with Gasteiger partial charge in [-0.2, -0.15) is 0 Å². The van der Waals surface area contributed by atoms with Crippen LogP contribution in [-0.4, -0.2) is 19.9 Å². The minimum atomic E-state index is 0.670. The van der Waals surface area contributed by atoms with Gasteiger partial charge in [-0.1, -0.05) is 59.0 Å². The highest BCUT2D eigenvalue weighted by molar-refractivity contribution is 6.01. The molecule has 2 aliphatic rings. The second-order valence-corrected chi connectivity index (χ2v) is 15.0. The molecular weight excluding hydrogens is 645 g/mol. The Morgan fingerprint density at radius 2 is 0.679 bits per heavy atom. The van der Waals surface area contributed by atoms with Crippen molar-refractivity contribution in [3.05, 3.63) is 139 Å². The van der Waals surface area contributed by atoms with E-state index in [1.54, 1.807) is 0 Å². The minimum Gasteiger partial charge on any atom is -0.354 e. The van der Waals surface area contributed by atoms with E-state index in [1.807, 2.05) is 12.2 Å². The molecule has 4 nitrogen and oxygen atoms in total. The molecule has 0 radical (unpaired) electrons. The average Bonchev–Trinajstić information content (AvgIpc) is 3.91. The van der Waals surface area contributed by atoms with Gasteiger partial charge in [-0.15, -0.1) is 6.42 Å². The Balaban J connectivity index is 1.62. The zero-order valence-electron chi connectivity index (χ0n) is 32.1. The third-order valence-electron chi connectivity index (χ3n) is 10.7. The zero-order valence-corrected chi connectivity index (χ0v) is 32.1. The summed E-state index contributed by atoms with van der Waals surface area (Å²) in [5.74, 6) is 2.96. The van der Waals surface area contributed by atoms with Gasteiger partial charge in [-0.25, -0.2) is 9.97 Å². The lowest BCUT2D eigenvalue weighted by Gasteiger charge is -2.14. The van der Waals surface area contributed by atoms with Gasteiger partial charge in [0.2, 0.25) is 0 Å². The number of benzene rings is 3. The molecule has 8 rings (SSSR count). The van der Waals surface area contributed by atoms with Gasteiger partial charge >= 0.3 is 0 Å². The number of nitrogens with zero attached hydrogens (tertiary/aromatic N) is 2. The number of terminal acetylenes is 1. The minimum absolute atomic E-state index is 0.670. The largest absolute Gasteiger partial charge is 0.354 e. The molecule has 260 valence electrons. The number of hydrogen-bond acceptors (Lipinski definition) is 2. The number of nitrogens with one attached hydrogen (secondary N) is 2. The van der Waals surface area contributed by atoms with Crippen LogP contribution < -0.4 is 0 Å². The summed E-state index contributed by atoms with van der Waals surface area (Å²) < 4.78 is 0. The van der Waals surface area contributed by atoms with Crippen LogP contribution in [0.2, 0.25) is 0 Å². The summed E-state index contributed by atoms with van der Waals surface area (Å²) >= 11 is 0. The number of fused-ring (bicyclic) bond motifs is 8. The SMILES string of the molecule is C#Cc1c2nc(c(-c3c(C)cc(C)cc3C)c3ccc([nH]3)c(-c3c(C)cc(C)cc3C)c3ccc([nH]3)c(-c3c(C)cc(C)cc3C)c3nc1C=C3)C=C2. The van der Waals surface area contributed by atoms with Gasteiger partial charge < -0.3 is 9.97 Å². The Labute approximate surface area is 312 Å². The first-order valence-corrected chi connectivity index (χ1v) is 18.3. The second kappa shape index (κ2) is 12.8. The van der Waals surface area contributed by atoms with Crippen LogP contribution in [-0.2, 0) is 0 Å². The molecule has 2 N–H and O–H groups in total. The van der Waals surface area contributed by atoms with Crippen molar-refractivity contribution in [1.82, 2.24) is 19.9 Å². The Morgan fingerprint density at radius 1 is 0.396 bits per heavy atom. The maximum Gasteiger partial charge on any atom is 0.0816 e. The summed E-state index contributed by atoms with van der Waals surface area (Å²) in [5, 5.41) is 0. The van der Waals surface area contributed by atoms with E-state index in [4.69, 9.17) is 16.4 Å². The molecule has 0 spiro atoms. The predicted octanol–water partition coefficient (Wildman–Crippen LogP) is 12.4. The molecule has 0 aliphatic carbocycles. The van der Waals surface area contributed by atoms with Crippen molar-refractivity contribution in [2.75, 3.05) is 0 Å². The highest BCUT2D eigenvalue weighted by Gasteiger charge is 2.21. The van der Waals surface area contributed by atoms with Crippen molar-refractivity contribution in [2.24, 2.45) is 0 Å². The van der Waals surface area contributed by atoms with E-state index >= 15 is 0 Å². The lowest BCUT2D eigenvalue weighted by molar-refractivity contribution is 1.25. The fourth-order valence-electron chi connectivity index (χ4n) is 8.87. The van der Waals surface area contributed by atoms with E-state index in [2.05, 4.69) is 151 Å². The van der Waals surface area contributed by atoms with Gasteiger partial charge in [0.15, 0.2) is 0 Å². The number of aromatic amines is 2. The first-order chi connectivity index (χ1) is 25.4. The van der Waals surface area contributed by atoms with Crippen LogP contribution in [0.1, 0.15) is 78.4 Å². The van der Waals surface area contributed by atoms with Crippen molar-refractivity contribution in [3.63, 3.8) is 0 Å². The molecule has 0 unspecified atom stereocenters. The molecule has 0 atom stereocenters. The fourth-order valence-corrected chi connectivity index (χ4v) is 8.87. The highest BCUT2D eigenvalue weighted by atomic mass is 14.8. The summed E-state index contributed by atoms with van der Waals surface area (Å²) in [6, 6.07) is 22.4. The Hall–Kier alpha value is -6.18. The smallest absolute Gasteiger partial charge is 0.0816 e. The maximum absolute atomic E-state index is 6.28. The molecule has 0 saturated carbocycles. The molecular formula is C49H44N4. The van der Waals surface area contributed by atoms with E-state index in [9.17, 15) is 0 Å². The molecule has 5 heterocycles. The molecule has 0 fully saturated rings. The maximum atomic E-state index is 6.28. The number of H-pyrrole nitrogens is 2. The van der Waals surface area contributed by atoms with Crippen LogP contribution >= 0.6 is 0 Å². The summed E-state index contributed by atoms with van der Waals surface area (Å²) in [6.45, 7) is 19.6. The van der Waals surface area contributed by atoms with Crippen LogP contribution in [0, 0.1) is 74.7 Å². The van der Waals surface area contributed by atoms with Gasteiger partial charge in [0, 0.05) is 38.8 Å². The monoisotopic (exact) mass is 688 g/mol. The third kappa shape index (κ3) is 5.74. The van der Waals surface area contributed by atoms with Gasteiger partial charge in [-0.05, 0) is 161 Å². The number of aryl methyl sites for hydroxylation is 9. The summed E-state index contributed by atoms with van der Waals surface area (Å²) in [5.41, 5.74) is 25.6. The van der Waals surface area contributed by atoms with Crippen LogP contribution in [0.15, 0.2) is 60.7 Å². The van der Waals surface area contributed by atoms with E-state index in [0.717, 1.165) is 61.5 Å². The Morgan fingerprint density at radius 3 is 1.00 bits per heavy atom. The van der Waals surface area contributed by atoms with Crippen molar-refractivity contribution in [1.29, 1.82) is 0 Å².